The van der Waals surface area contributed by atoms with Crippen LogP contribution < -0.4 is 10.5 Å². The normalized spacial score (nSPS) is 10.4. The molecule has 2 aromatic rings. The Morgan fingerprint density at radius 1 is 1.17 bits per heavy atom. The van der Waals surface area contributed by atoms with Gasteiger partial charge >= 0.3 is 0 Å². The SMILES string of the molecule is Cc1cc(OCc2cccc(F)c2)c(F)cc1N. The number of nitrogens with two attached hydrogens (primary N) is 1. The highest BCUT2D eigenvalue weighted by atomic mass is 19.1. The summed E-state index contributed by atoms with van der Waals surface area (Å²) in [5.41, 5.74) is 7.34. The van der Waals surface area contributed by atoms with Crippen LogP contribution in [-0.2, 0) is 6.61 Å². The molecule has 0 bridgehead atoms. The summed E-state index contributed by atoms with van der Waals surface area (Å²) < 4.78 is 31.8. The van der Waals surface area contributed by atoms with Crippen molar-refractivity contribution in [2.24, 2.45) is 0 Å². The minimum Gasteiger partial charge on any atom is -0.486 e. The predicted octanol–water partition coefficient (Wildman–Crippen LogP) is 3.43. The van der Waals surface area contributed by atoms with Crippen molar-refractivity contribution in [2.75, 3.05) is 5.73 Å². The molecule has 94 valence electrons. The summed E-state index contributed by atoms with van der Waals surface area (Å²) in [4.78, 5) is 0. The molecule has 0 aliphatic carbocycles. The van der Waals surface area contributed by atoms with Gasteiger partial charge in [0.2, 0.25) is 0 Å². The predicted molar refractivity (Wildman–Crippen MR) is 66.3 cm³/mol. The van der Waals surface area contributed by atoms with Crippen molar-refractivity contribution in [3.05, 3.63) is 59.2 Å². The van der Waals surface area contributed by atoms with E-state index in [1.54, 1.807) is 19.1 Å². The van der Waals surface area contributed by atoms with Crippen molar-refractivity contribution in [3.8, 4) is 5.75 Å². The zero-order valence-electron chi connectivity index (χ0n) is 9.91. The number of hydrogen-bond donors (Lipinski definition) is 1. The van der Waals surface area contributed by atoms with Gasteiger partial charge in [0.15, 0.2) is 11.6 Å². The first-order valence-corrected chi connectivity index (χ1v) is 5.49. The Labute approximate surface area is 104 Å². The second-order valence-corrected chi connectivity index (χ2v) is 4.06. The lowest BCUT2D eigenvalue weighted by molar-refractivity contribution is 0.289. The topological polar surface area (TPSA) is 35.2 Å². The molecule has 2 aromatic carbocycles. The fourth-order valence-electron chi connectivity index (χ4n) is 1.57. The van der Waals surface area contributed by atoms with Crippen molar-refractivity contribution in [2.45, 2.75) is 13.5 Å². The smallest absolute Gasteiger partial charge is 0.167 e. The molecule has 0 radical (unpaired) electrons. The zero-order chi connectivity index (χ0) is 13.1. The first-order chi connectivity index (χ1) is 8.56. The molecule has 4 heteroatoms. The fourth-order valence-corrected chi connectivity index (χ4v) is 1.57. The summed E-state index contributed by atoms with van der Waals surface area (Å²) in [6.07, 6.45) is 0. The molecular formula is C14H13F2NO. The average molecular weight is 249 g/mol. The Hall–Kier alpha value is -2.10. The van der Waals surface area contributed by atoms with E-state index >= 15 is 0 Å². The Kier molecular flexibility index (Phi) is 3.46. The third-order valence-electron chi connectivity index (χ3n) is 2.60. The summed E-state index contributed by atoms with van der Waals surface area (Å²) in [6, 6.07) is 8.74. The third-order valence-corrected chi connectivity index (χ3v) is 2.60. The maximum Gasteiger partial charge on any atom is 0.167 e. The molecule has 2 rings (SSSR count). The van der Waals surface area contributed by atoms with Crippen LogP contribution in [0.5, 0.6) is 5.75 Å². The van der Waals surface area contributed by atoms with Crippen LogP contribution in [0.4, 0.5) is 14.5 Å². The van der Waals surface area contributed by atoms with E-state index < -0.39 is 5.82 Å². The Bertz CT molecular complexity index is 570. The molecular weight excluding hydrogens is 236 g/mol. The summed E-state index contributed by atoms with van der Waals surface area (Å²) >= 11 is 0. The van der Waals surface area contributed by atoms with E-state index in [0.717, 1.165) is 5.56 Å². The summed E-state index contributed by atoms with van der Waals surface area (Å²) in [6.45, 7) is 1.88. The monoisotopic (exact) mass is 249 g/mol. The first-order valence-electron chi connectivity index (χ1n) is 5.49. The second-order valence-electron chi connectivity index (χ2n) is 4.06. The number of ether oxygens (including phenoxy) is 1. The van der Waals surface area contributed by atoms with Gasteiger partial charge in [0.25, 0.3) is 0 Å². The van der Waals surface area contributed by atoms with E-state index in [1.165, 1.54) is 24.3 Å². The van der Waals surface area contributed by atoms with Crippen molar-refractivity contribution in [3.63, 3.8) is 0 Å². The standard InChI is InChI=1S/C14H13F2NO/c1-9-5-14(12(16)7-13(9)17)18-8-10-3-2-4-11(15)6-10/h2-7H,8,17H2,1H3. The van der Waals surface area contributed by atoms with Gasteiger partial charge in [0.05, 0.1) is 0 Å². The van der Waals surface area contributed by atoms with Crippen molar-refractivity contribution < 1.29 is 13.5 Å². The largest absolute Gasteiger partial charge is 0.486 e. The number of anilines is 1. The number of rotatable bonds is 3. The first kappa shape index (κ1) is 12.4. The van der Waals surface area contributed by atoms with Gasteiger partial charge in [0.1, 0.15) is 12.4 Å². The number of benzene rings is 2. The van der Waals surface area contributed by atoms with Crippen LogP contribution in [0.15, 0.2) is 36.4 Å². The van der Waals surface area contributed by atoms with Crippen LogP contribution in [-0.4, -0.2) is 0 Å². The van der Waals surface area contributed by atoms with Crippen molar-refractivity contribution in [1.82, 2.24) is 0 Å². The lowest BCUT2D eigenvalue weighted by atomic mass is 10.2. The minimum atomic E-state index is -0.519. The highest BCUT2D eigenvalue weighted by molar-refractivity contribution is 5.50. The fraction of sp³-hybridized carbons (Fsp3) is 0.143. The highest BCUT2D eigenvalue weighted by Gasteiger charge is 2.07. The quantitative estimate of drug-likeness (QED) is 0.846. The summed E-state index contributed by atoms with van der Waals surface area (Å²) in [7, 11) is 0. The van der Waals surface area contributed by atoms with Gasteiger partial charge in [-0.25, -0.2) is 8.78 Å². The van der Waals surface area contributed by atoms with E-state index in [0.29, 0.717) is 11.3 Å². The maximum atomic E-state index is 13.5. The number of hydrogen-bond acceptors (Lipinski definition) is 2. The summed E-state index contributed by atoms with van der Waals surface area (Å²) in [5, 5.41) is 0. The van der Waals surface area contributed by atoms with Crippen LogP contribution in [0.2, 0.25) is 0 Å². The van der Waals surface area contributed by atoms with Crippen molar-refractivity contribution in [1.29, 1.82) is 0 Å². The molecule has 0 spiro atoms. The molecule has 0 amide bonds. The van der Waals surface area contributed by atoms with Gasteiger partial charge in [-0.15, -0.1) is 0 Å². The van der Waals surface area contributed by atoms with Crippen LogP contribution in [0.25, 0.3) is 0 Å². The van der Waals surface area contributed by atoms with Crippen LogP contribution >= 0.6 is 0 Å². The maximum absolute atomic E-state index is 13.5. The van der Waals surface area contributed by atoms with E-state index in [4.69, 9.17) is 10.5 Å². The lowest BCUT2D eigenvalue weighted by Gasteiger charge is -2.09. The molecule has 2 nitrogen and oxygen atoms in total. The molecule has 0 heterocycles. The van der Waals surface area contributed by atoms with Crippen LogP contribution in [0.3, 0.4) is 0 Å². The molecule has 0 unspecified atom stereocenters. The Morgan fingerprint density at radius 3 is 2.67 bits per heavy atom. The van der Waals surface area contributed by atoms with Gasteiger partial charge in [-0.1, -0.05) is 12.1 Å². The van der Waals surface area contributed by atoms with Crippen LogP contribution in [0.1, 0.15) is 11.1 Å². The van der Waals surface area contributed by atoms with Gasteiger partial charge in [0, 0.05) is 11.8 Å². The molecule has 0 fully saturated rings. The van der Waals surface area contributed by atoms with E-state index in [2.05, 4.69) is 0 Å². The molecule has 0 saturated carbocycles. The number of aryl methyl sites for hydroxylation is 1. The van der Waals surface area contributed by atoms with E-state index in [9.17, 15) is 8.78 Å². The lowest BCUT2D eigenvalue weighted by Crippen LogP contribution is -2.00. The van der Waals surface area contributed by atoms with Crippen LogP contribution in [0, 0.1) is 18.6 Å². The summed E-state index contributed by atoms with van der Waals surface area (Å²) in [5.74, 6) is -0.745. The molecule has 0 aromatic heterocycles. The van der Waals surface area contributed by atoms with Crippen molar-refractivity contribution >= 4 is 5.69 Å². The second kappa shape index (κ2) is 5.04. The molecule has 0 atom stereocenters. The Morgan fingerprint density at radius 2 is 1.94 bits per heavy atom. The van der Waals surface area contributed by atoms with Gasteiger partial charge < -0.3 is 10.5 Å². The number of nitrogen functional groups attached to an aromatic ring is 1. The zero-order valence-corrected chi connectivity index (χ0v) is 9.91. The molecule has 0 aliphatic rings. The molecule has 0 saturated heterocycles. The highest BCUT2D eigenvalue weighted by Crippen LogP contribution is 2.24. The molecule has 2 N–H and O–H groups in total. The molecule has 18 heavy (non-hydrogen) atoms. The average Bonchev–Trinajstić information content (AvgIpc) is 2.32. The van der Waals surface area contributed by atoms with Gasteiger partial charge in [-0.3, -0.25) is 0 Å². The van der Waals surface area contributed by atoms with E-state index in [1.807, 2.05) is 0 Å². The Balaban J connectivity index is 2.13. The van der Waals surface area contributed by atoms with Gasteiger partial charge in [-0.2, -0.15) is 0 Å². The van der Waals surface area contributed by atoms with E-state index in [-0.39, 0.29) is 18.2 Å². The molecule has 0 aliphatic heterocycles. The third kappa shape index (κ3) is 2.77. The minimum absolute atomic E-state index is 0.109. The van der Waals surface area contributed by atoms with Gasteiger partial charge in [-0.05, 0) is 36.2 Å². The number of halogens is 2.